The lowest BCUT2D eigenvalue weighted by Gasteiger charge is -2.23. The minimum absolute atomic E-state index is 0.0106. The van der Waals surface area contributed by atoms with E-state index in [1.54, 1.807) is 13.2 Å². The van der Waals surface area contributed by atoms with E-state index in [2.05, 4.69) is 4.90 Å². The largest absolute Gasteiger partial charge is 0.380 e. The summed E-state index contributed by atoms with van der Waals surface area (Å²) < 4.78 is 19.4. The molecule has 1 aliphatic heterocycles. The molecule has 2 rings (SSSR count). The van der Waals surface area contributed by atoms with Gasteiger partial charge in [-0.15, -0.1) is 0 Å². The standard InChI is InChI=1S/C15H23FN2O/c1-3-11(17)9-13-14(16)5-4-6-15(13)18-8-7-12(10-18)19-2/h4-6,11-12H,3,7-10,17H2,1-2H3. The molecule has 0 aromatic heterocycles. The van der Waals surface area contributed by atoms with Gasteiger partial charge in [0.1, 0.15) is 5.82 Å². The van der Waals surface area contributed by atoms with Gasteiger partial charge in [-0.3, -0.25) is 0 Å². The summed E-state index contributed by atoms with van der Waals surface area (Å²) in [5, 5.41) is 0. The molecule has 1 heterocycles. The molecular formula is C15H23FN2O. The summed E-state index contributed by atoms with van der Waals surface area (Å²) in [7, 11) is 1.73. The molecule has 0 aliphatic carbocycles. The van der Waals surface area contributed by atoms with Gasteiger partial charge in [0.25, 0.3) is 0 Å². The summed E-state index contributed by atoms with van der Waals surface area (Å²) in [6, 6.07) is 5.28. The van der Waals surface area contributed by atoms with Crippen molar-refractivity contribution in [1.29, 1.82) is 0 Å². The lowest BCUT2D eigenvalue weighted by Crippen LogP contribution is -2.27. The molecule has 0 saturated carbocycles. The molecule has 19 heavy (non-hydrogen) atoms. The Hall–Kier alpha value is -1.13. The molecule has 3 nitrogen and oxygen atoms in total. The summed E-state index contributed by atoms with van der Waals surface area (Å²) in [4.78, 5) is 2.20. The monoisotopic (exact) mass is 266 g/mol. The summed E-state index contributed by atoms with van der Waals surface area (Å²) in [5.41, 5.74) is 7.70. The number of halogens is 1. The fourth-order valence-electron chi connectivity index (χ4n) is 2.59. The fraction of sp³-hybridized carbons (Fsp3) is 0.600. The Kier molecular flexibility index (Phi) is 4.77. The molecule has 4 heteroatoms. The van der Waals surface area contributed by atoms with Crippen LogP contribution in [0.1, 0.15) is 25.3 Å². The van der Waals surface area contributed by atoms with Crippen LogP contribution in [0.25, 0.3) is 0 Å². The van der Waals surface area contributed by atoms with Gasteiger partial charge in [-0.05, 0) is 31.4 Å². The maximum Gasteiger partial charge on any atom is 0.128 e. The third-order valence-corrected chi connectivity index (χ3v) is 3.90. The van der Waals surface area contributed by atoms with Crippen LogP contribution in [-0.4, -0.2) is 32.3 Å². The van der Waals surface area contributed by atoms with E-state index in [0.717, 1.165) is 37.2 Å². The van der Waals surface area contributed by atoms with Crippen LogP contribution >= 0.6 is 0 Å². The van der Waals surface area contributed by atoms with Crippen molar-refractivity contribution in [3.63, 3.8) is 0 Å². The zero-order chi connectivity index (χ0) is 13.8. The van der Waals surface area contributed by atoms with Gasteiger partial charge in [0.05, 0.1) is 6.10 Å². The third kappa shape index (κ3) is 3.25. The quantitative estimate of drug-likeness (QED) is 0.889. The number of benzene rings is 1. The molecule has 1 aromatic rings. The topological polar surface area (TPSA) is 38.5 Å². The number of nitrogens with two attached hydrogens (primary N) is 1. The van der Waals surface area contributed by atoms with E-state index >= 15 is 0 Å². The van der Waals surface area contributed by atoms with E-state index in [9.17, 15) is 4.39 Å². The van der Waals surface area contributed by atoms with Crippen LogP contribution in [0.5, 0.6) is 0 Å². The Morgan fingerprint density at radius 3 is 2.95 bits per heavy atom. The highest BCUT2D eigenvalue weighted by Crippen LogP contribution is 2.28. The highest BCUT2D eigenvalue weighted by atomic mass is 19.1. The molecule has 2 unspecified atom stereocenters. The van der Waals surface area contributed by atoms with Crippen LogP contribution in [-0.2, 0) is 11.2 Å². The van der Waals surface area contributed by atoms with Crippen molar-refractivity contribution in [3.05, 3.63) is 29.6 Å². The van der Waals surface area contributed by atoms with E-state index in [1.807, 2.05) is 13.0 Å². The van der Waals surface area contributed by atoms with Crippen molar-refractivity contribution in [2.75, 3.05) is 25.1 Å². The first-order valence-corrected chi connectivity index (χ1v) is 6.96. The molecule has 106 valence electrons. The van der Waals surface area contributed by atoms with Crippen molar-refractivity contribution >= 4 is 5.69 Å². The van der Waals surface area contributed by atoms with Crippen LogP contribution in [0.2, 0.25) is 0 Å². The molecule has 1 aliphatic rings. The second-order valence-electron chi connectivity index (χ2n) is 5.20. The molecule has 1 fully saturated rings. The summed E-state index contributed by atoms with van der Waals surface area (Å²) >= 11 is 0. The van der Waals surface area contributed by atoms with E-state index in [4.69, 9.17) is 10.5 Å². The Labute approximate surface area is 114 Å². The zero-order valence-corrected chi connectivity index (χ0v) is 11.7. The maximum absolute atomic E-state index is 14.1. The normalized spacial score (nSPS) is 20.8. The Balaban J connectivity index is 2.22. The number of rotatable bonds is 5. The molecule has 1 saturated heterocycles. The lowest BCUT2D eigenvalue weighted by molar-refractivity contribution is 0.121. The molecule has 0 spiro atoms. The summed E-state index contributed by atoms with van der Waals surface area (Å²) in [6.07, 6.45) is 2.68. The summed E-state index contributed by atoms with van der Waals surface area (Å²) in [5.74, 6) is -0.151. The molecule has 0 amide bonds. The predicted molar refractivity (Wildman–Crippen MR) is 76.0 cm³/mol. The van der Waals surface area contributed by atoms with Crippen molar-refractivity contribution in [1.82, 2.24) is 0 Å². The number of nitrogens with zero attached hydrogens (tertiary/aromatic N) is 1. The summed E-state index contributed by atoms with van der Waals surface area (Å²) in [6.45, 7) is 3.77. The second kappa shape index (κ2) is 6.35. The highest BCUT2D eigenvalue weighted by molar-refractivity contribution is 5.55. The third-order valence-electron chi connectivity index (χ3n) is 3.90. The van der Waals surface area contributed by atoms with Crippen LogP contribution in [0.3, 0.4) is 0 Å². The van der Waals surface area contributed by atoms with Crippen molar-refractivity contribution < 1.29 is 9.13 Å². The SMILES string of the molecule is CCC(N)Cc1c(F)cccc1N1CCC(OC)C1. The van der Waals surface area contributed by atoms with Gasteiger partial charge in [-0.2, -0.15) is 0 Å². The molecule has 2 atom stereocenters. The molecular weight excluding hydrogens is 243 g/mol. The van der Waals surface area contributed by atoms with Crippen molar-refractivity contribution in [2.24, 2.45) is 5.73 Å². The number of hydrogen-bond donors (Lipinski definition) is 1. The van der Waals surface area contributed by atoms with Crippen LogP contribution < -0.4 is 10.6 Å². The molecule has 0 bridgehead atoms. The van der Waals surface area contributed by atoms with Crippen molar-refractivity contribution in [3.8, 4) is 0 Å². The first kappa shape index (κ1) is 14.3. The van der Waals surface area contributed by atoms with E-state index in [0.29, 0.717) is 6.42 Å². The lowest BCUT2D eigenvalue weighted by atomic mass is 10.0. The van der Waals surface area contributed by atoms with Gasteiger partial charge in [-0.1, -0.05) is 13.0 Å². The first-order chi connectivity index (χ1) is 9.15. The second-order valence-corrected chi connectivity index (χ2v) is 5.20. The molecule has 0 radical (unpaired) electrons. The minimum atomic E-state index is -0.151. The van der Waals surface area contributed by atoms with E-state index in [-0.39, 0.29) is 18.0 Å². The van der Waals surface area contributed by atoms with Gasteiger partial charge >= 0.3 is 0 Å². The first-order valence-electron chi connectivity index (χ1n) is 6.96. The van der Waals surface area contributed by atoms with E-state index < -0.39 is 0 Å². The van der Waals surface area contributed by atoms with Gasteiger partial charge in [0, 0.05) is 37.5 Å². The molecule has 2 N–H and O–H groups in total. The van der Waals surface area contributed by atoms with Gasteiger partial charge in [-0.25, -0.2) is 4.39 Å². The van der Waals surface area contributed by atoms with Gasteiger partial charge in [0.2, 0.25) is 0 Å². The number of anilines is 1. The van der Waals surface area contributed by atoms with Gasteiger partial charge in [0.15, 0.2) is 0 Å². The molecule has 1 aromatic carbocycles. The smallest absolute Gasteiger partial charge is 0.128 e. The average molecular weight is 266 g/mol. The minimum Gasteiger partial charge on any atom is -0.380 e. The predicted octanol–water partition coefficient (Wildman–Crippen LogP) is 2.33. The zero-order valence-electron chi connectivity index (χ0n) is 11.7. The fourth-order valence-corrected chi connectivity index (χ4v) is 2.59. The maximum atomic E-state index is 14.1. The average Bonchev–Trinajstić information content (AvgIpc) is 2.89. The Morgan fingerprint density at radius 2 is 2.32 bits per heavy atom. The highest BCUT2D eigenvalue weighted by Gasteiger charge is 2.25. The van der Waals surface area contributed by atoms with Gasteiger partial charge < -0.3 is 15.4 Å². The Morgan fingerprint density at radius 1 is 1.53 bits per heavy atom. The van der Waals surface area contributed by atoms with Crippen LogP contribution in [0.4, 0.5) is 10.1 Å². The van der Waals surface area contributed by atoms with Crippen LogP contribution in [0.15, 0.2) is 18.2 Å². The van der Waals surface area contributed by atoms with Crippen LogP contribution in [0, 0.1) is 5.82 Å². The number of methoxy groups -OCH3 is 1. The Bertz CT molecular complexity index is 425. The van der Waals surface area contributed by atoms with Crippen molar-refractivity contribution in [2.45, 2.75) is 38.3 Å². The van der Waals surface area contributed by atoms with E-state index in [1.165, 1.54) is 6.07 Å². The number of ether oxygens (including phenoxy) is 1. The number of hydrogen-bond acceptors (Lipinski definition) is 3.